The van der Waals surface area contributed by atoms with Gasteiger partial charge >= 0.3 is 6.18 Å². The first-order chi connectivity index (χ1) is 12.9. The molecule has 0 fully saturated rings. The summed E-state index contributed by atoms with van der Waals surface area (Å²) in [5.41, 5.74) is 1.75. The van der Waals surface area contributed by atoms with Crippen molar-refractivity contribution in [2.45, 2.75) is 19.1 Å². The fraction of sp³-hybridized carbons (Fsp3) is 0.316. The van der Waals surface area contributed by atoms with Gasteiger partial charge in [-0.25, -0.2) is 4.39 Å². The summed E-state index contributed by atoms with van der Waals surface area (Å²) in [6.45, 7) is -0.351. The van der Waals surface area contributed by atoms with Crippen LogP contribution in [0.25, 0.3) is 0 Å². The first kappa shape index (κ1) is 24.0. The van der Waals surface area contributed by atoms with Crippen LogP contribution in [-0.2, 0) is 13.0 Å². The van der Waals surface area contributed by atoms with Gasteiger partial charge in [0.1, 0.15) is 11.6 Å². The molecule has 0 aliphatic rings. The molecule has 0 unspecified atom stereocenters. The zero-order valence-electron chi connectivity index (χ0n) is 15.2. The Morgan fingerprint density at radius 1 is 1.04 bits per heavy atom. The lowest BCUT2D eigenvalue weighted by Crippen LogP contribution is -2.37. The summed E-state index contributed by atoms with van der Waals surface area (Å²) < 4.78 is 54.3. The van der Waals surface area contributed by atoms with Gasteiger partial charge in [0.15, 0.2) is 12.6 Å². The molecule has 4 nitrogen and oxygen atoms in total. The fourth-order valence-electron chi connectivity index (χ4n) is 2.29. The van der Waals surface area contributed by atoms with Gasteiger partial charge in [-0.1, -0.05) is 24.3 Å². The van der Waals surface area contributed by atoms with Crippen LogP contribution in [0.1, 0.15) is 11.1 Å². The predicted molar refractivity (Wildman–Crippen MR) is 112 cm³/mol. The minimum Gasteiger partial charge on any atom is -0.484 e. The van der Waals surface area contributed by atoms with Gasteiger partial charge in [0.05, 0.1) is 0 Å². The maximum Gasteiger partial charge on any atom is 0.422 e. The third-order valence-corrected chi connectivity index (χ3v) is 3.60. The van der Waals surface area contributed by atoms with Crippen molar-refractivity contribution >= 4 is 29.9 Å². The van der Waals surface area contributed by atoms with E-state index in [9.17, 15) is 17.6 Å². The number of alkyl halides is 3. The lowest BCUT2D eigenvalue weighted by atomic mass is 10.1. The zero-order chi connectivity index (χ0) is 19.7. The van der Waals surface area contributed by atoms with E-state index in [4.69, 9.17) is 4.74 Å². The summed E-state index contributed by atoms with van der Waals surface area (Å²) in [4.78, 5) is 4.09. The SMILES string of the molecule is CN=C(NCCc1ccc(F)cc1)NCc1cccc(OCC(F)(F)F)c1.I. The summed E-state index contributed by atoms with van der Waals surface area (Å²) in [6.07, 6.45) is -3.67. The van der Waals surface area contributed by atoms with Crippen LogP contribution in [0.15, 0.2) is 53.5 Å². The number of halogens is 5. The van der Waals surface area contributed by atoms with Gasteiger partial charge in [0.2, 0.25) is 0 Å². The number of aliphatic imine (C=N–C) groups is 1. The molecule has 0 heterocycles. The molecule has 154 valence electrons. The predicted octanol–water partition coefficient (Wildman–Crippen LogP) is 4.29. The van der Waals surface area contributed by atoms with E-state index in [0.717, 1.165) is 11.1 Å². The Bertz CT molecular complexity index is 752. The summed E-state index contributed by atoms with van der Waals surface area (Å²) in [6, 6.07) is 12.7. The molecule has 2 aromatic rings. The molecule has 9 heteroatoms. The number of nitrogens with zero attached hydrogens (tertiary/aromatic N) is 1. The molecule has 0 spiro atoms. The Morgan fingerprint density at radius 2 is 1.75 bits per heavy atom. The molecular weight excluding hydrogens is 489 g/mol. The average Bonchev–Trinajstić information content (AvgIpc) is 2.64. The Labute approximate surface area is 178 Å². The van der Waals surface area contributed by atoms with Gasteiger partial charge in [0.25, 0.3) is 0 Å². The number of ether oxygens (including phenoxy) is 1. The molecule has 0 amide bonds. The number of guanidine groups is 1. The quantitative estimate of drug-likeness (QED) is 0.253. The second-order valence-corrected chi connectivity index (χ2v) is 5.78. The maximum atomic E-state index is 12.9. The molecule has 0 bridgehead atoms. The van der Waals surface area contributed by atoms with Gasteiger partial charge < -0.3 is 15.4 Å². The molecule has 2 rings (SSSR count). The lowest BCUT2D eigenvalue weighted by molar-refractivity contribution is -0.153. The second-order valence-electron chi connectivity index (χ2n) is 5.78. The van der Waals surface area contributed by atoms with Crippen LogP contribution in [-0.4, -0.2) is 32.3 Å². The van der Waals surface area contributed by atoms with Crippen LogP contribution in [0.5, 0.6) is 5.75 Å². The third-order valence-electron chi connectivity index (χ3n) is 3.60. The molecule has 0 saturated carbocycles. The molecule has 0 aliphatic carbocycles. The molecule has 0 aliphatic heterocycles. The number of rotatable bonds is 7. The number of nitrogens with one attached hydrogen (secondary N) is 2. The van der Waals surface area contributed by atoms with E-state index in [1.54, 1.807) is 37.4 Å². The Kier molecular flexibility index (Phi) is 10.0. The minimum atomic E-state index is -4.37. The normalized spacial score (nSPS) is 11.5. The van der Waals surface area contributed by atoms with Crippen molar-refractivity contribution in [2.75, 3.05) is 20.2 Å². The molecule has 2 N–H and O–H groups in total. The summed E-state index contributed by atoms with van der Waals surface area (Å²) in [5.74, 6) is 0.440. The number of benzene rings is 2. The standard InChI is InChI=1S/C19H21F4N3O.HI/c1-24-18(25-10-9-14-5-7-16(20)8-6-14)26-12-15-3-2-4-17(11-15)27-13-19(21,22)23;/h2-8,11H,9-10,12-13H2,1H3,(H2,24,25,26);1H. The Morgan fingerprint density at radius 3 is 2.39 bits per heavy atom. The van der Waals surface area contributed by atoms with Crippen molar-refractivity contribution in [3.8, 4) is 5.75 Å². The van der Waals surface area contributed by atoms with Crippen molar-refractivity contribution in [3.63, 3.8) is 0 Å². The topological polar surface area (TPSA) is 45.7 Å². The smallest absolute Gasteiger partial charge is 0.422 e. The van der Waals surface area contributed by atoms with Crippen molar-refractivity contribution in [1.29, 1.82) is 0 Å². The molecule has 0 saturated heterocycles. The van der Waals surface area contributed by atoms with E-state index in [1.807, 2.05) is 0 Å². The van der Waals surface area contributed by atoms with Crippen molar-refractivity contribution < 1.29 is 22.3 Å². The Hall–Kier alpha value is -2.04. The summed E-state index contributed by atoms with van der Waals surface area (Å²) in [7, 11) is 1.62. The first-order valence-electron chi connectivity index (χ1n) is 8.33. The fourth-order valence-corrected chi connectivity index (χ4v) is 2.29. The number of hydrogen-bond donors (Lipinski definition) is 2. The van der Waals surface area contributed by atoms with Gasteiger partial charge in [0, 0.05) is 20.1 Å². The summed E-state index contributed by atoms with van der Waals surface area (Å²) in [5, 5.41) is 6.21. The van der Waals surface area contributed by atoms with E-state index in [-0.39, 0.29) is 35.5 Å². The van der Waals surface area contributed by atoms with Crippen LogP contribution < -0.4 is 15.4 Å². The highest BCUT2D eigenvalue weighted by atomic mass is 127. The van der Waals surface area contributed by atoms with Crippen LogP contribution >= 0.6 is 24.0 Å². The number of hydrogen-bond acceptors (Lipinski definition) is 2. The van der Waals surface area contributed by atoms with E-state index < -0.39 is 12.8 Å². The van der Waals surface area contributed by atoms with Crippen molar-refractivity contribution in [2.24, 2.45) is 4.99 Å². The van der Waals surface area contributed by atoms with Crippen molar-refractivity contribution in [1.82, 2.24) is 10.6 Å². The summed E-state index contributed by atoms with van der Waals surface area (Å²) >= 11 is 0. The van der Waals surface area contributed by atoms with E-state index in [1.165, 1.54) is 18.2 Å². The molecule has 0 aromatic heterocycles. The molecular formula is C19H22F4IN3O. The van der Waals surface area contributed by atoms with Crippen LogP contribution in [0, 0.1) is 5.82 Å². The second kappa shape index (κ2) is 11.7. The largest absolute Gasteiger partial charge is 0.484 e. The highest BCUT2D eigenvalue weighted by Gasteiger charge is 2.28. The highest BCUT2D eigenvalue weighted by molar-refractivity contribution is 14.0. The van der Waals surface area contributed by atoms with Crippen LogP contribution in [0.4, 0.5) is 17.6 Å². The highest BCUT2D eigenvalue weighted by Crippen LogP contribution is 2.19. The molecule has 28 heavy (non-hydrogen) atoms. The lowest BCUT2D eigenvalue weighted by Gasteiger charge is -2.13. The Balaban J connectivity index is 0.00000392. The van der Waals surface area contributed by atoms with E-state index in [2.05, 4.69) is 15.6 Å². The molecule has 0 radical (unpaired) electrons. The minimum absolute atomic E-state index is 0. The van der Waals surface area contributed by atoms with E-state index in [0.29, 0.717) is 25.5 Å². The third kappa shape index (κ3) is 9.25. The monoisotopic (exact) mass is 511 g/mol. The first-order valence-corrected chi connectivity index (χ1v) is 8.33. The van der Waals surface area contributed by atoms with Gasteiger partial charge in [-0.05, 0) is 41.8 Å². The molecule has 2 aromatic carbocycles. The van der Waals surface area contributed by atoms with E-state index >= 15 is 0 Å². The van der Waals surface area contributed by atoms with Gasteiger partial charge in [-0.2, -0.15) is 13.2 Å². The van der Waals surface area contributed by atoms with Crippen LogP contribution in [0.2, 0.25) is 0 Å². The van der Waals surface area contributed by atoms with Crippen LogP contribution in [0.3, 0.4) is 0 Å². The van der Waals surface area contributed by atoms with Crippen molar-refractivity contribution in [3.05, 3.63) is 65.5 Å². The zero-order valence-corrected chi connectivity index (χ0v) is 17.6. The maximum absolute atomic E-state index is 12.9. The molecule has 0 atom stereocenters. The average molecular weight is 511 g/mol. The van der Waals surface area contributed by atoms with Gasteiger partial charge in [-0.15, -0.1) is 24.0 Å². The van der Waals surface area contributed by atoms with Gasteiger partial charge in [-0.3, -0.25) is 4.99 Å².